The van der Waals surface area contributed by atoms with Crippen LogP contribution in [0.4, 0.5) is 5.69 Å². The van der Waals surface area contributed by atoms with Crippen LogP contribution >= 0.6 is 11.3 Å². The fourth-order valence-electron chi connectivity index (χ4n) is 1.69. The van der Waals surface area contributed by atoms with Crippen molar-refractivity contribution in [3.8, 4) is 0 Å². The first-order valence-electron chi connectivity index (χ1n) is 6.41. The van der Waals surface area contributed by atoms with E-state index in [1.165, 1.54) is 24.3 Å². The van der Waals surface area contributed by atoms with Gasteiger partial charge < -0.3 is 0 Å². The minimum absolute atomic E-state index is 0.101. The topological polar surface area (TPSA) is 101 Å². The normalized spacial score (nSPS) is 10.0. The van der Waals surface area contributed by atoms with E-state index in [9.17, 15) is 19.7 Å². The summed E-state index contributed by atoms with van der Waals surface area (Å²) < 4.78 is 0. The molecule has 22 heavy (non-hydrogen) atoms. The number of hydrogen-bond donors (Lipinski definition) is 2. The number of benzene rings is 1. The second kappa shape index (κ2) is 7.32. The van der Waals surface area contributed by atoms with Crippen LogP contribution in [-0.2, 0) is 11.2 Å². The van der Waals surface area contributed by atoms with Crippen molar-refractivity contribution in [3.63, 3.8) is 0 Å². The van der Waals surface area contributed by atoms with Gasteiger partial charge >= 0.3 is 0 Å². The Labute approximate surface area is 130 Å². The molecule has 2 rings (SSSR count). The van der Waals surface area contributed by atoms with E-state index in [1.54, 1.807) is 11.3 Å². The van der Waals surface area contributed by atoms with E-state index in [0.29, 0.717) is 6.42 Å². The van der Waals surface area contributed by atoms with Gasteiger partial charge in [0, 0.05) is 24.1 Å². The van der Waals surface area contributed by atoms with Gasteiger partial charge in [0.1, 0.15) is 0 Å². The Morgan fingerprint density at radius 3 is 2.45 bits per heavy atom. The zero-order valence-corrected chi connectivity index (χ0v) is 12.3. The molecule has 0 aliphatic rings. The van der Waals surface area contributed by atoms with Gasteiger partial charge in [0.05, 0.1) is 4.92 Å². The Morgan fingerprint density at radius 1 is 1.14 bits per heavy atom. The molecule has 0 saturated heterocycles. The molecule has 1 heterocycles. The van der Waals surface area contributed by atoms with Crippen LogP contribution in [-0.4, -0.2) is 16.7 Å². The van der Waals surface area contributed by atoms with Gasteiger partial charge in [0.2, 0.25) is 5.91 Å². The third-order valence-corrected chi connectivity index (χ3v) is 3.61. The van der Waals surface area contributed by atoms with Crippen molar-refractivity contribution in [3.05, 3.63) is 62.3 Å². The fourth-order valence-corrected chi connectivity index (χ4v) is 2.39. The number of nitrogens with zero attached hydrogens (tertiary/aromatic N) is 1. The van der Waals surface area contributed by atoms with E-state index >= 15 is 0 Å². The molecule has 2 amide bonds. The predicted octanol–water partition coefficient (Wildman–Crippen LogP) is 2.05. The molecule has 114 valence electrons. The summed E-state index contributed by atoms with van der Waals surface area (Å²) >= 11 is 1.56. The lowest BCUT2D eigenvalue weighted by molar-refractivity contribution is -0.384. The van der Waals surface area contributed by atoms with Gasteiger partial charge in [-0.15, -0.1) is 0 Å². The Morgan fingerprint density at radius 2 is 1.86 bits per heavy atom. The SMILES string of the molecule is O=C(CCc1ccsc1)NNC(=O)c1ccc([N+](=O)[O-])cc1. The van der Waals surface area contributed by atoms with Gasteiger partial charge in [-0.3, -0.25) is 30.6 Å². The molecular formula is C14H13N3O4S. The monoisotopic (exact) mass is 319 g/mol. The number of carbonyl (C=O) groups is 2. The van der Waals surface area contributed by atoms with Crippen LogP contribution in [0, 0.1) is 10.1 Å². The summed E-state index contributed by atoms with van der Waals surface area (Å²) in [6, 6.07) is 7.05. The van der Waals surface area contributed by atoms with Crippen molar-refractivity contribution in [2.24, 2.45) is 0 Å². The Kier molecular flexibility index (Phi) is 5.21. The zero-order chi connectivity index (χ0) is 15.9. The second-order valence-electron chi connectivity index (χ2n) is 4.44. The van der Waals surface area contributed by atoms with E-state index in [-0.39, 0.29) is 23.6 Å². The molecule has 7 nitrogen and oxygen atoms in total. The average molecular weight is 319 g/mol. The third-order valence-electron chi connectivity index (χ3n) is 2.88. The van der Waals surface area contributed by atoms with Crippen molar-refractivity contribution in [1.29, 1.82) is 0 Å². The van der Waals surface area contributed by atoms with Gasteiger partial charge in [0.15, 0.2) is 0 Å². The third kappa shape index (κ3) is 4.38. The number of aryl methyl sites for hydroxylation is 1. The molecule has 0 bridgehead atoms. The van der Waals surface area contributed by atoms with E-state index in [0.717, 1.165) is 5.56 Å². The van der Waals surface area contributed by atoms with Gasteiger partial charge in [-0.25, -0.2) is 0 Å². The highest BCUT2D eigenvalue weighted by Crippen LogP contribution is 2.11. The van der Waals surface area contributed by atoms with Crippen LogP contribution in [0.3, 0.4) is 0 Å². The maximum absolute atomic E-state index is 11.8. The van der Waals surface area contributed by atoms with Crippen LogP contribution in [0.5, 0.6) is 0 Å². The molecule has 0 atom stereocenters. The van der Waals surface area contributed by atoms with Gasteiger partial charge in [-0.05, 0) is 40.9 Å². The molecule has 0 spiro atoms. The lowest BCUT2D eigenvalue weighted by Gasteiger charge is -2.07. The molecule has 1 aromatic carbocycles. The van der Waals surface area contributed by atoms with E-state index in [2.05, 4.69) is 10.9 Å². The number of nitro groups is 1. The van der Waals surface area contributed by atoms with E-state index < -0.39 is 10.8 Å². The van der Waals surface area contributed by atoms with Gasteiger partial charge in [-0.2, -0.15) is 11.3 Å². The van der Waals surface area contributed by atoms with Crippen LogP contribution in [0.2, 0.25) is 0 Å². The standard InChI is InChI=1S/C14H13N3O4S/c18-13(6-1-10-7-8-22-9-10)15-16-14(19)11-2-4-12(5-3-11)17(20)21/h2-5,7-9H,1,6H2,(H,15,18)(H,16,19). The highest BCUT2D eigenvalue weighted by molar-refractivity contribution is 7.07. The fraction of sp³-hybridized carbons (Fsp3) is 0.143. The van der Waals surface area contributed by atoms with Crippen LogP contribution in [0.25, 0.3) is 0 Å². The summed E-state index contributed by atoms with van der Waals surface area (Å²) in [6.45, 7) is 0. The second-order valence-corrected chi connectivity index (χ2v) is 5.22. The van der Waals surface area contributed by atoms with E-state index in [1.807, 2.05) is 16.8 Å². The molecule has 0 radical (unpaired) electrons. The van der Waals surface area contributed by atoms with Crippen molar-refractivity contribution in [2.75, 3.05) is 0 Å². The lowest BCUT2D eigenvalue weighted by atomic mass is 10.2. The molecule has 2 N–H and O–H groups in total. The smallest absolute Gasteiger partial charge is 0.269 e. The number of nitro benzene ring substituents is 1. The minimum Gasteiger partial charge on any atom is -0.273 e. The lowest BCUT2D eigenvalue weighted by Crippen LogP contribution is -2.41. The Hall–Kier alpha value is -2.74. The molecule has 0 unspecified atom stereocenters. The molecule has 0 fully saturated rings. The maximum atomic E-state index is 11.8. The largest absolute Gasteiger partial charge is 0.273 e. The summed E-state index contributed by atoms with van der Waals surface area (Å²) in [7, 11) is 0. The quantitative estimate of drug-likeness (QED) is 0.650. The summed E-state index contributed by atoms with van der Waals surface area (Å²) in [6.07, 6.45) is 0.861. The van der Waals surface area contributed by atoms with Crippen LogP contribution in [0.15, 0.2) is 41.1 Å². The summed E-state index contributed by atoms with van der Waals surface area (Å²) in [4.78, 5) is 33.3. The summed E-state index contributed by atoms with van der Waals surface area (Å²) in [5.74, 6) is -0.833. The molecule has 2 aromatic rings. The van der Waals surface area contributed by atoms with Crippen molar-refractivity contribution in [2.45, 2.75) is 12.8 Å². The van der Waals surface area contributed by atoms with Crippen LogP contribution < -0.4 is 10.9 Å². The van der Waals surface area contributed by atoms with Crippen molar-refractivity contribution in [1.82, 2.24) is 10.9 Å². The van der Waals surface area contributed by atoms with Crippen molar-refractivity contribution < 1.29 is 14.5 Å². The highest BCUT2D eigenvalue weighted by Gasteiger charge is 2.10. The molecular weight excluding hydrogens is 306 g/mol. The first-order valence-corrected chi connectivity index (χ1v) is 7.35. The molecule has 1 aromatic heterocycles. The summed E-state index contributed by atoms with van der Waals surface area (Å²) in [5, 5.41) is 14.4. The average Bonchev–Trinajstić information content (AvgIpc) is 3.04. The molecule has 8 heteroatoms. The number of amides is 2. The summed E-state index contributed by atoms with van der Waals surface area (Å²) in [5.41, 5.74) is 5.78. The minimum atomic E-state index is -0.548. The highest BCUT2D eigenvalue weighted by atomic mass is 32.1. The van der Waals surface area contributed by atoms with E-state index in [4.69, 9.17) is 0 Å². The number of hydrogen-bond acceptors (Lipinski definition) is 5. The first-order chi connectivity index (χ1) is 10.6. The van der Waals surface area contributed by atoms with Gasteiger partial charge in [-0.1, -0.05) is 0 Å². The maximum Gasteiger partial charge on any atom is 0.269 e. The van der Waals surface area contributed by atoms with Crippen LogP contribution in [0.1, 0.15) is 22.3 Å². The number of thiophene rings is 1. The Balaban J connectivity index is 1.79. The molecule has 0 aliphatic carbocycles. The number of nitrogens with one attached hydrogen (secondary N) is 2. The number of hydrazine groups is 1. The predicted molar refractivity (Wildman–Crippen MR) is 81.3 cm³/mol. The Bertz CT molecular complexity index is 668. The number of carbonyl (C=O) groups excluding carboxylic acids is 2. The number of rotatable bonds is 5. The zero-order valence-electron chi connectivity index (χ0n) is 11.4. The van der Waals surface area contributed by atoms with Crippen molar-refractivity contribution >= 4 is 28.8 Å². The number of non-ortho nitro benzene ring substituents is 1. The van der Waals surface area contributed by atoms with Gasteiger partial charge in [0.25, 0.3) is 11.6 Å². The molecule has 0 aliphatic heterocycles. The molecule has 0 saturated carbocycles. The first kappa shape index (κ1) is 15.6.